The molecule has 1 unspecified atom stereocenters. The van der Waals surface area contributed by atoms with Gasteiger partial charge < -0.3 is 16.8 Å². The Kier molecular flexibility index (Phi) is 2.18. The number of aromatic amines is 1. The van der Waals surface area contributed by atoms with Gasteiger partial charge in [-0.15, -0.1) is 0 Å². The summed E-state index contributed by atoms with van der Waals surface area (Å²) in [6.07, 6.45) is 1.94. The third-order valence-electron chi connectivity index (χ3n) is 3.11. The molecular formula is C13H15N5. The topological polar surface area (TPSA) is 92.8 Å². The van der Waals surface area contributed by atoms with Gasteiger partial charge in [0.25, 0.3) is 0 Å². The Morgan fingerprint density at radius 3 is 2.78 bits per heavy atom. The molecule has 3 rings (SSSR count). The monoisotopic (exact) mass is 241 g/mol. The fraction of sp³-hybridized carbons (Fsp3) is 0.154. The third kappa shape index (κ3) is 1.56. The van der Waals surface area contributed by atoms with E-state index in [0.29, 0.717) is 5.82 Å². The van der Waals surface area contributed by atoms with E-state index in [2.05, 4.69) is 15.5 Å². The number of H-pyrrole nitrogens is 1. The maximum atomic E-state index is 6.35. The van der Waals surface area contributed by atoms with E-state index < -0.39 is 5.66 Å². The smallest absolute Gasteiger partial charge is 0.153 e. The molecule has 2 aromatic rings. The first kappa shape index (κ1) is 10.9. The number of rotatable bonds is 1. The number of nitrogens with one attached hydrogen (secondary N) is 2. The Hall–Kier alpha value is -2.27. The number of benzene rings is 1. The van der Waals surface area contributed by atoms with E-state index in [0.717, 1.165) is 21.8 Å². The van der Waals surface area contributed by atoms with Crippen molar-refractivity contribution in [3.63, 3.8) is 0 Å². The summed E-state index contributed by atoms with van der Waals surface area (Å²) in [5.74, 6) is 0.566. The Bertz CT molecular complexity index is 715. The molecular weight excluding hydrogens is 226 g/mol. The molecule has 1 atom stereocenters. The van der Waals surface area contributed by atoms with Gasteiger partial charge in [-0.3, -0.25) is 5.10 Å². The van der Waals surface area contributed by atoms with Crippen molar-refractivity contribution in [2.24, 2.45) is 11.5 Å². The maximum Gasteiger partial charge on any atom is 0.153 e. The highest BCUT2D eigenvalue weighted by Gasteiger charge is 2.29. The Morgan fingerprint density at radius 2 is 2.06 bits per heavy atom. The second kappa shape index (κ2) is 3.61. The molecule has 5 nitrogen and oxygen atoms in total. The summed E-state index contributed by atoms with van der Waals surface area (Å²) in [4.78, 5) is 0. The second-order valence-electron chi connectivity index (χ2n) is 4.58. The van der Waals surface area contributed by atoms with Gasteiger partial charge in [0.2, 0.25) is 0 Å². The number of aromatic nitrogens is 2. The highest BCUT2D eigenvalue weighted by molar-refractivity contribution is 5.55. The summed E-state index contributed by atoms with van der Waals surface area (Å²) in [5, 5.41) is 12.2. The van der Waals surface area contributed by atoms with E-state index in [9.17, 15) is 0 Å². The largest absolute Gasteiger partial charge is 0.385 e. The lowest BCUT2D eigenvalue weighted by Crippen LogP contribution is -2.57. The maximum absolute atomic E-state index is 6.35. The molecule has 18 heavy (non-hydrogen) atoms. The molecule has 1 aromatic carbocycles. The van der Waals surface area contributed by atoms with Gasteiger partial charge in [0, 0.05) is 10.9 Å². The van der Waals surface area contributed by atoms with Crippen molar-refractivity contribution in [1.82, 2.24) is 15.5 Å². The molecule has 2 heterocycles. The van der Waals surface area contributed by atoms with Crippen LogP contribution >= 0.6 is 0 Å². The third-order valence-corrected chi connectivity index (χ3v) is 3.11. The SMILES string of the molecule is Cc1cc(C2(N)C=c3ccccc3=C(N)N2)n[nH]1. The van der Waals surface area contributed by atoms with Crippen molar-refractivity contribution in [3.8, 4) is 0 Å². The van der Waals surface area contributed by atoms with Crippen molar-refractivity contribution in [2.75, 3.05) is 0 Å². The molecule has 0 saturated carbocycles. The van der Waals surface area contributed by atoms with Crippen LogP contribution in [0.25, 0.3) is 11.9 Å². The highest BCUT2D eigenvalue weighted by Crippen LogP contribution is 2.17. The highest BCUT2D eigenvalue weighted by atomic mass is 15.2. The number of nitrogens with two attached hydrogens (primary N) is 2. The lowest BCUT2D eigenvalue weighted by molar-refractivity contribution is 0.513. The van der Waals surface area contributed by atoms with E-state index in [1.165, 1.54) is 0 Å². The Morgan fingerprint density at radius 1 is 1.28 bits per heavy atom. The summed E-state index contributed by atoms with van der Waals surface area (Å²) in [5.41, 5.74) is 13.2. The van der Waals surface area contributed by atoms with Gasteiger partial charge in [0.15, 0.2) is 5.66 Å². The molecule has 5 heteroatoms. The van der Waals surface area contributed by atoms with Crippen LogP contribution in [0.5, 0.6) is 0 Å². The molecule has 6 N–H and O–H groups in total. The first-order chi connectivity index (χ1) is 8.58. The Balaban J connectivity index is 2.22. The van der Waals surface area contributed by atoms with E-state index in [1.54, 1.807) is 0 Å². The molecule has 1 aromatic heterocycles. The van der Waals surface area contributed by atoms with E-state index in [4.69, 9.17) is 11.5 Å². The van der Waals surface area contributed by atoms with Gasteiger partial charge in [-0.05, 0) is 24.3 Å². The molecule has 0 fully saturated rings. The predicted octanol–water partition coefficient (Wildman–Crippen LogP) is -1.06. The van der Waals surface area contributed by atoms with Crippen molar-refractivity contribution < 1.29 is 0 Å². The zero-order chi connectivity index (χ0) is 12.8. The Labute approximate surface area is 104 Å². The van der Waals surface area contributed by atoms with Gasteiger partial charge >= 0.3 is 0 Å². The summed E-state index contributed by atoms with van der Waals surface area (Å²) in [7, 11) is 0. The number of hydrogen-bond acceptors (Lipinski definition) is 4. The average molecular weight is 241 g/mol. The van der Waals surface area contributed by atoms with Crippen molar-refractivity contribution in [1.29, 1.82) is 0 Å². The molecule has 0 spiro atoms. The quantitative estimate of drug-likeness (QED) is 0.512. The van der Waals surface area contributed by atoms with Crippen molar-refractivity contribution in [3.05, 3.63) is 52.2 Å². The van der Waals surface area contributed by atoms with Gasteiger partial charge in [-0.1, -0.05) is 24.3 Å². The standard InChI is InChI=1S/C13H15N5/c1-8-6-11(18-17-8)13(15)7-9-4-2-3-5-10(9)12(14)16-13/h2-7,16H,14-15H2,1H3,(H,17,18). The second-order valence-corrected chi connectivity index (χ2v) is 4.58. The van der Waals surface area contributed by atoms with Gasteiger partial charge in [0.05, 0.1) is 0 Å². The normalized spacial score (nSPS) is 22.0. The fourth-order valence-electron chi connectivity index (χ4n) is 2.21. The number of fused-ring (bicyclic) bond motifs is 1. The van der Waals surface area contributed by atoms with Crippen LogP contribution in [-0.4, -0.2) is 10.2 Å². The molecule has 0 bridgehead atoms. The van der Waals surface area contributed by atoms with Crippen LogP contribution in [0.3, 0.4) is 0 Å². The molecule has 1 aliphatic heterocycles. The summed E-state index contributed by atoms with van der Waals surface area (Å²) < 4.78 is 0. The summed E-state index contributed by atoms with van der Waals surface area (Å²) >= 11 is 0. The molecule has 0 amide bonds. The van der Waals surface area contributed by atoms with Crippen LogP contribution in [0.1, 0.15) is 11.4 Å². The van der Waals surface area contributed by atoms with Crippen LogP contribution in [0.2, 0.25) is 0 Å². The van der Waals surface area contributed by atoms with E-state index in [1.807, 2.05) is 43.3 Å². The minimum absolute atomic E-state index is 0.566. The van der Waals surface area contributed by atoms with Crippen molar-refractivity contribution >= 4 is 11.9 Å². The van der Waals surface area contributed by atoms with Crippen LogP contribution in [0.15, 0.2) is 30.3 Å². The number of nitrogens with zero attached hydrogens (tertiary/aromatic N) is 1. The zero-order valence-corrected chi connectivity index (χ0v) is 10.1. The molecule has 1 aliphatic rings. The van der Waals surface area contributed by atoms with Crippen molar-refractivity contribution in [2.45, 2.75) is 12.6 Å². The molecule has 0 aliphatic carbocycles. The first-order valence-electron chi connectivity index (χ1n) is 5.76. The zero-order valence-electron chi connectivity index (χ0n) is 10.1. The van der Waals surface area contributed by atoms with Crippen LogP contribution in [0, 0.1) is 6.92 Å². The lowest BCUT2D eigenvalue weighted by atomic mass is 10.0. The van der Waals surface area contributed by atoms with Gasteiger partial charge in [-0.25, -0.2) is 0 Å². The van der Waals surface area contributed by atoms with E-state index in [-0.39, 0.29) is 0 Å². The summed E-state index contributed by atoms with van der Waals surface area (Å²) in [6, 6.07) is 9.77. The fourth-order valence-corrected chi connectivity index (χ4v) is 2.21. The van der Waals surface area contributed by atoms with Crippen LogP contribution in [0.4, 0.5) is 0 Å². The minimum atomic E-state index is -0.872. The molecule has 0 saturated heterocycles. The first-order valence-corrected chi connectivity index (χ1v) is 5.76. The van der Waals surface area contributed by atoms with Gasteiger partial charge in [-0.2, -0.15) is 5.10 Å². The van der Waals surface area contributed by atoms with Crippen LogP contribution < -0.4 is 27.2 Å². The molecule has 0 radical (unpaired) electrons. The minimum Gasteiger partial charge on any atom is -0.385 e. The lowest BCUT2D eigenvalue weighted by Gasteiger charge is -2.29. The number of aryl methyl sites for hydroxylation is 1. The predicted molar refractivity (Wildman–Crippen MR) is 70.1 cm³/mol. The summed E-state index contributed by atoms with van der Waals surface area (Å²) in [6.45, 7) is 1.93. The molecule has 92 valence electrons. The number of hydrogen-bond donors (Lipinski definition) is 4. The van der Waals surface area contributed by atoms with Gasteiger partial charge in [0.1, 0.15) is 11.5 Å². The van der Waals surface area contributed by atoms with E-state index >= 15 is 0 Å². The average Bonchev–Trinajstić information content (AvgIpc) is 2.76. The van der Waals surface area contributed by atoms with Crippen LogP contribution in [-0.2, 0) is 5.66 Å².